The third kappa shape index (κ3) is 5.12. The van der Waals surface area contributed by atoms with E-state index >= 15 is 0 Å². The molecule has 0 fully saturated rings. The van der Waals surface area contributed by atoms with Gasteiger partial charge in [-0.1, -0.05) is 17.7 Å². The predicted octanol–water partition coefficient (Wildman–Crippen LogP) is 3.53. The Hall–Kier alpha value is -2.83. The molecule has 0 atom stereocenters. The smallest absolute Gasteiger partial charge is 0.387 e. The minimum atomic E-state index is -2.91. The monoisotopic (exact) mass is 335 g/mol. The Morgan fingerprint density at radius 2 is 1.92 bits per heavy atom. The van der Waals surface area contributed by atoms with E-state index in [9.17, 15) is 8.78 Å². The van der Waals surface area contributed by atoms with Gasteiger partial charge in [0.2, 0.25) is 0 Å². The standard InChI is InChI=1S/C17H19F2N3O2/c1-11-3-5-13(6-4-11)22-17(20)21-10-12-9-14(23-2)7-8-15(12)24-16(18)19/h3-9,16H,10H2,1-2H3,(H3,20,21,22). The number of nitrogens with two attached hydrogens (primary N) is 1. The maximum Gasteiger partial charge on any atom is 0.387 e. The zero-order chi connectivity index (χ0) is 17.5. The van der Waals surface area contributed by atoms with Gasteiger partial charge in [-0.25, -0.2) is 4.99 Å². The molecule has 0 aliphatic heterocycles. The lowest BCUT2D eigenvalue weighted by molar-refractivity contribution is -0.0504. The minimum Gasteiger partial charge on any atom is -0.497 e. The van der Waals surface area contributed by atoms with Crippen LogP contribution >= 0.6 is 0 Å². The molecule has 0 aromatic heterocycles. The molecule has 2 aromatic rings. The van der Waals surface area contributed by atoms with E-state index in [1.165, 1.54) is 13.2 Å². The molecule has 0 bridgehead atoms. The molecule has 2 rings (SSSR count). The van der Waals surface area contributed by atoms with Gasteiger partial charge in [-0.3, -0.25) is 0 Å². The number of nitrogens with zero attached hydrogens (tertiary/aromatic N) is 1. The molecule has 2 aromatic carbocycles. The molecule has 5 nitrogen and oxygen atoms in total. The van der Waals surface area contributed by atoms with E-state index in [1.54, 1.807) is 12.1 Å². The second-order valence-electron chi connectivity index (χ2n) is 5.04. The highest BCUT2D eigenvalue weighted by Crippen LogP contribution is 2.26. The van der Waals surface area contributed by atoms with Crippen LogP contribution < -0.4 is 20.5 Å². The van der Waals surface area contributed by atoms with Crippen molar-refractivity contribution >= 4 is 11.6 Å². The van der Waals surface area contributed by atoms with Gasteiger partial charge < -0.3 is 20.5 Å². The molecule has 0 unspecified atom stereocenters. The Morgan fingerprint density at radius 3 is 2.54 bits per heavy atom. The zero-order valence-corrected chi connectivity index (χ0v) is 13.4. The number of ether oxygens (including phenoxy) is 2. The fourth-order valence-corrected chi connectivity index (χ4v) is 2.01. The molecule has 0 saturated carbocycles. The number of alkyl halides is 2. The van der Waals surface area contributed by atoms with Crippen molar-refractivity contribution in [1.29, 1.82) is 0 Å². The second kappa shape index (κ2) is 8.14. The molecule has 7 heteroatoms. The van der Waals surface area contributed by atoms with Crippen molar-refractivity contribution in [3.8, 4) is 11.5 Å². The van der Waals surface area contributed by atoms with Crippen LogP contribution in [0.1, 0.15) is 11.1 Å². The third-order valence-electron chi connectivity index (χ3n) is 3.23. The number of halogens is 2. The number of hydrogen-bond donors (Lipinski definition) is 2. The zero-order valence-electron chi connectivity index (χ0n) is 13.4. The van der Waals surface area contributed by atoms with Crippen LogP contribution in [0.2, 0.25) is 0 Å². The van der Waals surface area contributed by atoms with Gasteiger partial charge in [0, 0.05) is 11.3 Å². The van der Waals surface area contributed by atoms with Crippen LogP contribution in [0.3, 0.4) is 0 Å². The number of rotatable bonds is 6. The molecule has 0 saturated heterocycles. The highest BCUT2D eigenvalue weighted by molar-refractivity contribution is 5.92. The number of benzene rings is 2. The van der Waals surface area contributed by atoms with E-state index in [0.717, 1.165) is 11.3 Å². The van der Waals surface area contributed by atoms with Gasteiger partial charge in [0.15, 0.2) is 5.96 Å². The summed E-state index contributed by atoms with van der Waals surface area (Å²) in [5, 5.41) is 2.94. The lowest BCUT2D eigenvalue weighted by Gasteiger charge is -2.11. The summed E-state index contributed by atoms with van der Waals surface area (Å²) in [5.41, 5.74) is 8.19. The average Bonchev–Trinajstić information content (AvgIpc) is 2.55. The van der Waals surface area contributed by atoms with E-state index in [4.69, 9.17) is 10.5 Å². The van der Waals surface area contributed by atoms with Crippen LogP contribution in [0.5, 0.6) is 11.5 Å². The topological polar surface area (TPSA) is 68.9 Å². The first-order valence-corrected chi connectivity index (χ1v) is 7.23. The quantitative estimate of drug-likeness (QED) is 0.626. The normalized spacial score (nSPS) is 11.5. The number of guanidine groups is 1. The van der Waals surface area contributed by atoms with Gasteiger partial charge in [0.05, 0.1) is 13.7 Å². The molecular weight excluding hydrogens is 316 g/mol. The summed E-state index contributed by atoms with van der Waals surface area (Å²) >= 11 is 0. The molecule has 0 heterocycles. The van der Waals surface area contributed by atoms with Crippen molar-refractivity contribution in [2.45, 2.75) is 20.1 Å². The Kier molecular flexibility index (Phi) is 5.95. The SMILES string of the molecule is COc1ccc(OC(F)F)c(CN=C(N)Nc2ccc(C)cc2)c1. The summed E-state index contributed by atoms with van der Waals surface area (Å²) < 4.78 is 34.5. The van der Waals surface area contributed by atoms with Crippen molar-refractivity contribution in [3.05, 3.63) is 53.6 Å². The van der Waals surface area contributed by atoms with E-state index in [1.807, 2.05) is 31.2 Å². The van der Waals surface area contributed by atoms with Crippen LogP contribution in [0.4, 0.5) is 14.5 Å². The van der Waals surface area contributed by atoms with Gasteiger partial charge in [-0.05, 0) is 37.3 Å². The van der Waals surface area contributed by atoms with Gasteiger partial charge in [0.25, 0.3) is 0 Å². The van der Waals surface area contributed by atoms with Crippen LogP contribution in [0, 0.1) is 6.92 Å². The lowest BCUT2D eigenvalue weighted by Crippen LogP contribution is -2.22. The van der Waals surface area contributed by atoms with Crippen molar-refractivity contribution in [3.63, 3.8) is 0 Å². The number of nitrogens with one attached hydrogen (secondary N) is 1. The summed E-state index contributed by atoms with van der Waals surface area (Å²) in [7, 11) is 1.49. The highest BCUT2D eigenvalue weighted by Gasteiger charge is 2.11. The van der Waals surface area contributed by atoms with Crippen LogP contribution in [-0.4, -0.2) is 19.7 Å². The summed E-state index contributed by atoms with van der Waals surface area (Å²) in [6, 6.07) is 12.2. The summed E-state index contributed by atoms with van der Waals surface area (Å²) in [6.45, 7) is -0.859. The highest BCUT2D eigenvalue weighted by atomic mass is 19.3. The number of aryl methyl sites for hydroxylation is 1. The van der Waals surface area contributed by atoms with Crippen LogP contribution in [0.25, 0.3) is 0 Å². The maximum absolute atomic E-state index is 12.5. The number of hydrogen-bond acceptors (Lipinski definition) is 3. The number of aliphatic imine (C=N–C) groups is 1. The van der Waals surface area contributed by atoms with Crippen LogP contribution in [-0.2, 0) is 6.54 Å². The molecule has 0 spiro atoms. The molecule has 24 heavy (non-hydrogen) atoms. The second-order valence-corrected chi connectivity index (χ2v) is 5.04. The van der Waals surface area contributed by atoms with Gasteiger partial charge in [-0.2, -0.15) is 8.78 Å². The Bertz CT molecular complexity index is 703. The lowest BCUT2D eigenvalue weighted by atomic mass is 10.2. The van der Waals surface area contributed by atoms with Crippen molar-refractivity contribution in [2.24, 2.45) is 10.7 Å². The van der Waals surface area contributed by atoms with E-state index in [2.05, 4.69) is 15.0 Å². The average molecular weight is 335 g/mol. The molecule has 128 valence electrons. The molecule has 0 aliphatic rings. The summed E-state index contributed by atoms with van der Waals surface area (Å²) in [6.07, 6.45) is 0. The third-order valence-corrected chi connectivity index (χ3v) is 3.23. The van der Waals surface area contributed by atoms with E-state index < -0.39 is 6.61 Å². The molecule has 0 aliphatic carbocycles. The molecule has 0 amide bonds. The minimum absolute atomic E-state index is 0.0395. The Balaban J connectivity index is 2.11. The maximum atomic E-state index is 12.5. The van der Waals surface area contributed by atoms with Crippen molar-refractivity contribution < 1.29 is 18.3 Å². The van der Waals surface area contributed by atoms with Crippen molar-refractivity contribution in [2.75, 3.05) is 12.4 Å². The summed E-state index contributed by atoms with van der Waals surface area (Å²) in [4.78, 5) is 4.16. The first-order valence-electron chi connectivity index (χ1n) is 7.23. The van der Waals surface area contributed by atoms with Gasteiger partial charge in [-0.15, -0.1) is 0 Å². The van der Waals surface area contributed by atoms with Gasteiger partial charge >= 0.3 is 6.61 Å². The first kappa shape index (κ1) is 17.5. The predicted molar refractivity (Wildman–Crippen MR) is 89.8 cm³/mol. The molecular formula is C17H19F2N3O2. The largest absolute Gasteiger partial charge is 0.497 e. The Labute approximate surface area is 139 Å². The fourth-order valence-electron chi connectivity index (χ4n) is 2.01. The van der Waals surface area contributed by atoms with E-state index in [0.29, 0.717) is 11.3 Å². The summed E-state index contributed by atoms with van der Waals surface area (Å²) in [5.74, 6) is 0.731. The molecule has 0 radical (unpaired) electrons. The van der Waals surface area contributed by atoms with E-state index in [-0.39, 0.29) is 18.3 Å². The Morgan fingerprint density at radius 1 is 1.21 bits per heavy atom. The fraction of sp³-hybridized carbons (Fsp3) is 0.235. The number of methoxy groups -OCH3 is 1. The number of anilines is 1. The van der Waals surface area contributed by atoms with Crippen LogP contribution in [0.15, 0.2) is 47.5 Å². The molecule has 3 N–H and O–H groups in total. The van der Waals surface area contributed by atoms with Crippen molar-refractivity contribution in [1.82, 2.24) is 0 Å². The van der Waals surface area contributed by atoms with Gasteiger partial charge in [0.1, 0.15) is 11.5 Å². The first-order chi connectivity index (χ1) is 11.5.